The van der Waals surface area contributed by atoms with Gasteiger partial charge < -0.3 is 15.1 Å². The number of nitrogens with one attached hydrogen (secondary N) is 1. The van der Waals surface area contributed by atoms with Gasteiger partial charge in [-0.3, -0.25) is 9.59 Å². The largest absolute Gasteiger partial charge is 0.346 e. The predicted molar refractivity (Wildman–Crippen MR) is 90.1 cm³/mol. The summed E-state index contributed by atoms with van der Waals surface area (Å²) in [5, 5.41) is 3.26. The van der Waals surface area contributed by atoms with E-state index in [1.54, 1.807) is 0 Å². The molecular weight excluding hydrogens is 302 g/mol. The topological polar surface area (TPSA) is 52.7 Å². The Balaban J connectivity index is 0.00000242. The van der Waals surface area contributed by atoms with Crippen LogP contribution in [-0.2, 0) is 9.59 Å². The van der Waals surface area contributed by atoms with E-state index in [0.29, 0.717) is 0 Å². The van der Waals surface area contributed by atoms with Crippen LogP contribution in [0.2, 0.25) is 0 Å². The van der Waals surface area contributed by atoms with Crippen LogP contribution in [0.5, 0.6) is 0 Å². The summed E-state index contributed by atoms with van der Waals surface area (Å²) in [5.74, 6) is 0.597. The minimum atomic E-state index is 0. The lowest BCUT2D eigenvalue weighted by molar-refractivity contribution is -0.140. The number of hydrogen-bond acceptors (Lipinski definition) is 3. The van der Waals surface area contributed by atoms with Gasteiger partial charge in [0.2, 0.25) is 11.8 Å². The molecule has 1 N–H and O–H groups in total. The van der Waals surface area contributed by atoms with Gasteiger partial charge in [-0.1, -0.05) is 13.3 Å². The molecule has 0 spiro atoms. The Kier molecular flexibility index (Phi) is 8.18. The predicted octanol–water partition coefficient (Wildman–Crippen LogP) is 1.66. The number of amides is 2. The van der Waals surface area contributed by atoms with Crippen LogP contribution < -0.4 is 5.32 Å². The van der Waals surface area contributed by atoms with Gasteiger partial charge in [-0.15, -0.1) is 12.4 Å². The SMILES string of the molecule is CCCCN(C)C(=O)C1CCN(C(=O)C2CCCN2)CC1.Cl. The Labute approximate surface area is 140 Å². The molecule has 0 saturated carbocycles. The first-order chi connectivity index (χ1) is 10.1. The van der Waals surface area contributed by atoms with Gasteiger partial charge in [-0.05, 0) is 38.6 Å². The van der Waals surface area contributed by atoms with Crippen molar-refractivity contribution >= 4 is 24.2 Å². The fourth-order valence-corrected chi connectivity index (χ4v) is 3.28. The zero-order valence-corrected chi connectivity index (χ0v) is 14.7. The van der Waals surface area contributed by atoms with Crippen molar-refractivity contribution in [1.82, 2.24) is 15.1 Å². The van der Waals surface area contributed by atoms with Gasteiger partial charge in [0.25, 0.3) is 0 Å². The van der Waals surface area contributed by atoms with Crippen LogP contribution in [0.4, 0.5) is 0 Å². The zero-order valence-electron chi connectivity index (χ0n) is 13.8. The van der Waals surface area contributed by atoms with Crippen molar-refractivity contribution in [3.8, 4) is 0 Å². The Morgan fingerprint density at radius 1 is 1.23 bits per heavy atom. The molecule has 6 heteroatoms. The molecule has 5 nitrogen and oxygen atoms in total. The third kappa shape index (κ3) is 4.85. The lowest BCUT2D eigenvalue weighted by Crippen LogP contribution is -2.48. The van der Waals surface area contributed by atoms with Gasteiger partial charge in [0.05, 0.1) is 6.04 Å². The van der Waals surface area contributed by atoms with E-state index in [2.05, 4.69) is 12.2 Å². The van der Waals surface area contributed by atoms with E-state index in [1.165, 1.54) is 0 Å². The highest BCUT2D eigenvalue weighted by Crippen LogP contribution is 2.21. The van der Waals surface area contributed by atoms with Crippen molar-refractivity contribution < 1.29 is 9.59 Å². The molecule has 2 aliphatic rings. The highest BCUT2D eigenvalue weighted by atomic mass is 35.5. The number of nitrogens with zero attached hydrogens (tertiary/aromatic N) is 2. The molecule has 0 bridgehead atoms. The summed E-state index contributed by atoms with van der Waals surface area (Å²) in [6, 6.07) is 0.0180. The van der Waals surface area contributed by atoms with Crippen LogP contribution in [-0.4, -0.2) is 60.9 Å². The molecule has 0 aliphatic carbocycles. The van der Waals surface area contributed by atoms with Crippen LogP contribution in [0.15, 0.2) is 0 Å². The Hall–Kier alpha value is -0.810. The summed E-state index contributed by atoms with van der Waals surface area (Å²) < 4.78 is 0. The highest BCUT2D eigenvalue weighted by molar-refractivity contribution is 5.85. The number of rotatable bonds is 5. The number of hydrogen-bond donors (Lipinski definition) is 1. The zero-order chi connectivity index (χ0) is 15.2. The van der Waals surface area contributed by atoms with Crippen LogP contribution in [0.25, 0.3) is 0 Å². The molecule has 22 heavy (non-hydrogen) atoms. The molecule has 0 radical (unpaired) electrons. The normalized spacial score (nSPS) is 22.3. The quantitative estimate of drug-likeness (QED) is 0.833. The second-order valence-electron chi connectivity index (χ2n) is 6.36. The van der Waals surface area contributed by atoms with E-state index in [0.717, 1.165) is 64.7 Å². The maximum Gasteiger partial charge on any atom is 0.239 e. The Morgan fingerprint density at radius 2 is 1.91 bits per heavy atom. The summed E-state index contributed by atoms with van der Waals surface area (Å²) in [6.45, 7) is 5.40. The van der Waals surface area contributed by atoms with Gasteiger partial charge in [-0.25, -0.2) is 0 Å². The van der Waals surface area contributed by atoms with Crippen molar-refractivity contribution in [1.29, 1.82) is 0 Å². The van der Waals surface area contributed by atoms with Gasteiger partial charge in [0, 0.05) is 32.6 Å². The van der Waals surface area contributed by atoms with Crippen LogP contribution in [0.3, 0.4) is 0 Å². The number of carbonyl (C=O) groups is 2. The first-order valence-electron chi connectivity index (χ1n) is 8.40. The van der Waals surface area contributed by atoms with Gasteiger partial charge >= 0.3 is 0 Å². The third-order valence-corrected chi connectivity index (χ3v) is 4.74. The highest BCUT2D eigenvalue weighted by Gasteiger charge is 2.32. The number of unbranched alkanes of at least 4 members (excludes halogenated alkanes) is 1. The number of carbonyl (C=O) groups excluding carboxylic acids is 2. The summed E-state index contributed by atoms with van der Waals surface area (Å²) in [4.78, 5) is 28.5. The van der Waals surface area contributed by atoms with E-state index in [4.69, 9.17) is 0 Å². The van der Waals surface area contributed by atoms with Crippen LogP contribution in [0.1, 0.15) is 45.4 Å². The summed E-state index contributed by atoms with van der Waals surface area (Å²) in [5.41, 5.74) is 0. The molecule has 2 saturated heterocycles. The van der Waals surface area contributed by atoms with E-state index in [9.17, 15) is 9.59 Å². The summed E-state index contributed by atoms with van der Waals surface area (Å²) >= 11 is 0. The second kappa shape index (κ2) is 9.36. The van der Waals surface area contributed by atoms with Gasteiger partial charge in [-0.2, -0.15) is 0 Å². The molecule has 0 aromatic rings. The van der Waals surface area contributed by atoms with Crippen molar-refractivity contribution in [2.75, 3.05) is 33.2 Å². The average molecular weight is 332 g/mol. The van der Waals surface area contributed by atoms with E-state index < -0.39 is 0 Å². The van der Waals surface area contributed by atoms with Crippen molar-refractivity contribution in [3.05, 3.63) is 0 Å². The maximum absolute atomic E-state index is 12.3. The van der Waals surface area contributed by atoms with Crippen LogP contribution in [0, 0.1) is 5.92 Å². The summed E-state index contributed by atoms with van der Waals surface area (Å²) in [6.07, 6.45) is 5.85. The van der Waals surface area contributed by atoms with Crippen LogP contribution >= 0.6 is 12.4 Å². The molecule has 2 heterocycles. The fourth-order valence-electron chi connectivity index (χ4n) is 3.28. The third-order valence-electron chi connectivity index (χ3n) is 4.74. The number of piperidine rings is 1. The van der Waals surface area contributed by atoms with E-state index >= 15 is 0 Å². The smallest absolute Gasteiger partial charge is 0.239 e. The molecule has 2 amide bonds. The Bertz CT molecular complexity index is 364. The molecule has 128 valence electrons. The van der Waals surface area contributed by atoms with Gasteiger partial charge in [0.15, 0.2) is 0 Å². The summed E-state index contributed by atoms with van der Waals surface area (Å²) in [7, 11) is 1.90. The molecular formula is C16H30ClN3O2. The molecule has 1 unspecified atom stereocenters. The molecule has 1 atom stereocenters. The number of halogens is 1. The first kappa shape index (κ1) is 19.2. The average Bonchev–Trinajstić information content (AvgIpc) is 3.05. The number of likely N-dealkylation sites (tertiary alicyclic amines) is 1. The minimum absolute atomic E-state index is 0. The molecule has 0 aromatic heterocycles. The second-order valence-corrected chi connectivity index (χ2v) is 6.36. The fraction of sp³-hybridized carbons (Fsp3) is 0.875. The van der Waals surface area contributed by atoms with Crippen molar-refractivity contribution in [3.63, 3.8) is 0 Å². The lowest BCUT2D eigenvalue weighted by atomic mass is 9.94. The van der Waals surface area contributed by atoms with E-state index in [1.807, 2.05) is 16.8 Å². The minimum Gasteiger partial charge on any atom is -0.346 e. The maximum atomic E-state index is 12.3. The van der Waals surface area contributed by atoms with Crippen molar-refractivity contribution in [2.24, 2.45) is 5.92 Å². The molecule has 2 aliphatic heterocycles. The Morgan fingerprint density at radius 3 is 2.45 bits per heavy atom. The molecule has 2 fully saturated rings. The van der Waals surface area contributed by atoms with Crippen molar-refractivity contribution in [2.45, 2.75) is 51.5 Å². The van der Waals surface area contributed by atoms with Gasteiger partial charge in [0.1, 0.15) is 0 Å². The molecule has 0 aromatic carbocycles. The standard InChI is InChI=1S/C16H29N3O2.ClH/c1-3-4-10-18(2)15(20)13-7-11-19(12-8-13)16(21)14-6-5-9-17-14;/h13-14,17H,3-12H2,1-2H3;1H. The van der Waals surface area contributed by atoms with E-state index in [-0.39, 0.29) is 36.2 Å². The first-order valence-corrected chi connectivity index (χ1v) is 8.40. The lowest BCUT2D eigenvalue weighted by Gasteiger charge is -2.34. The molecule has 2 rings (SSSR count). The monoisotopic (exact) mass is 331 g/mol.